The van der Waals surface area contributed by atoms with Gasteiger partial charge in [-0.3, -0.25) is 0 Å². The van der Waals surface area contributed by atoms with Crippen molar-refractivity contribution in [3.63, 3.8) is 0 Å². The molecule has 3 aliphatic rings. The zero-order valence-corrected chi connectivity index (χ0v) is 83.0. The van der Waals surface area contributed by atoms with Crippen molar-refractivity contribution in [2.24, 2.45) is 0 Å². The molecule has 1 saturated heterocycles. The zero-order valence-electron chi connectivity index (χ0n) is 74.5. The van der Waals surface area contributed by atoms with Gasteiger partial charge in [0, 0.05) is 94.9 Å². The Hall–Kier alpha value is -12.2. The average molecular weight is 2080 g/mol. The summed E-state index contributed by atoms with van der Waals surface area (Å²) >= 11 is 16.1. The molecule has 2 aliphatic carbocycles. The molecule has 19 aromatic rings. The highest BCUT2D eigenvalue weighted by molar-refractivity contribution is 14.1. The Bertz CT molecular complexity index is 7680. The quantitative estimate of drug-likeness (QED) is 0.0418. The van der Waals surface area contributed by atoms with E-state index >= 15 is 0 Å². The summed E-state index contributed by atoms with van der Waals surface area (Å²) in [7, 11) is -0.396. The minimum absolute atomic E-state index is 0.103. The molecule has 1 aliphatic heterocycles. The molecule has 0 amide bonds. The second kappa shape index (κ2) is 36.1. The van der Waals surface area contributed by atoms with Gasteiger partial charge in [-0.25, -0.2) is 0 Å². The van der Waals surface area contributed by atoms with Crippen molar-refractivity contribution in [1.29, 1.82) is 0 Å². The van der Waals surface area contributed by atoms with Crippen molar-refractivity contribution in [2.45, 2.75) is 77.4 Å². The van der Waals surface area contributed by atoms with Crippen LogP contribution in [0.3, 0.4) is 0 Å². The van der Waals surface area contributed by atoms with E-state index in [-0.39, 0.29) is 22.0 Å². The molecule has 0 N–H and O–H groups in total. The third-order valence-electron chi connectivity index (χ3n) is 27.0. The lowest BCUT2D eigenvalue weighted by Crippen LogP contribution is -2.41. The number of rotatable bonds is 16. The Morgan fingerprint density at radius 2 is 0.689 bits per heavy atom. The fourth-order valence-electron chi connectivity index (χ4n) is 19.3. The summed E-state index contributed by atoms with van der Waals surface area (Å²) in [6.07, 6.45) is 3.91. The summed E-state index contributed by atoms with van der Waals surface area (Å²) in [5.74, 6) is 0. The van der Waals surface area contributed by atoms with Crippen LogP contribution in [0.25, 0.3) is 127 Å². The van der Waals surface area contributed by atoms with Crippen molar-refractivity contribution in [3.8, 4) is 78.1 Å². The van der Waals surface area contributed by atoms with Crippen LogP contribution >= 0.6 is 86.3 Å². The van der Waals surface area contributed by atoms with Crippen LogP contribution in [0, 0.1) is 3.57 Å². The molecule has 0 spiro atoms. The standard InChI is InChI=1S/C57H49BN2O2.C57H42Br2N2.C6H3Br2I/c1-55(2)51-18-12-10-16-47(51)48-34-33-46(37-52(48)55)59(43-27-20-39(21-28-43)38-14-8-7-9-15-38)44-29-22-40(23-30-44)41-24-35-54-50(36-41)49-17-11-13-19-53(49)60(54)45-31-25-42(26-32-45)58-61-56(3,4)57(5,6)62-58;1-38(54(59)17-11-35-58)39-19-26-46(27-20-39)61-55-18-10-8-15-50(55)51-36-43(25-34-56(51)61)42-23-30-45(31-24-42)60(44-28-21-41(22-29-44)40-12-5-4-6-13-40)47-32-33-49-48-14-7-9-16-52(48)57(2,3)53(49)37-47;7-4-1-2-5(8)6(9)3-4/h7-37H,1-6H3;4-37H,1H2,2-3H3;1-3H/b;35-11+,54-17+;. The third kappa shape index (κ3) is 16.5. The number of benzene rings is 17. The minimum Gasteiger partial charge on any atom is -0.399 e. The molecule has 17 aromatic carbocycles. The van der Waals surface area contributed by atoms with E-state index in [9.17, 15) is 0 Å². The summed E-state index contributed by atoms with van der Waals surface area (Å²) in [4.78, 5) is 6.61. The molecule has 0 radical (unpaired) electrons. The predicted molar refractivity (Wildman–Crippen MR) is 582 cm³/mol. The maximum atomic E-state index is 6.36. The Morgan fingerprint density at radius 3 is 1.10 bits per heavy atom. The number of fused-ring (bicyclic) bond motifs is 12. The molecule has 22 rings (SSSR count). The lowest BCUT2D eigenvalue weighted by atomic mass is 9.79. The Balaban J connectivity index is 0.000000150. The molecule has 6 nitrogen and oxygen atoms in total. The monoisotopic (exact) mass is 2080 g/mol. The minimum atomic E-state index is -0.396. The highest BCUT2D eigenvalue weighted by Gasteiger charge is 2.52. The maximum Gasteiger partial charge on any atom is 0.494 e. The molecule has 0 unspecified atom stereocenters. The van der Waals surface area contributed by atoms with E-state index in [4.69, 9.17) is 9.31 Å². The maximum absolute atomic E-state index is 6.36. The number of halogens is 5. The molecule has 1 fully saturated rings. The lowest BCUT2D eigenvalue weighted by Gasteiger charge is -2.32. The Labute approximate surface area is 821 Å². The molecule has 12 heteroatoms. The Kier molecular flexibility index (Phi) is 24.0. The average Bonchev–Trinajstić information content (AvgIpc) is 1.57. The van der Waals surface area contributed by atoms with E-state index in [2.05, 4.69) is 549 Å². The molecular weight excluding hydrogens is 1990 g/mol. The SMILES string of the molecule is Brc1ccc(Br)c(I)c1.C=C(/C(Br)=C\C=C\Br)c1ccc(-n2c3ccccc3c3cc(-c4ccc(N(c5ccc(-c6ccccc6)cc5)c5ccc6c(c5)C(C)(C)c5ccccc5-6)cc4)ccc32)cc1.CC1(C)c2ccccc2-c2ccc(N(c3ccc(-c4ccccc4)cc3)c3ccc(-c4ccc5c(c4)c4ccccc4n5-c4ccc(B5OC(C)(C)C(C)(C)O5)cc4)cc3)cc21. The molecule has 3 heterocycles. The first-order valence-corrected chi connectivity index (χ1v) is 49.0. The van der Waals surface area contributed by atoms with Gasteiger partial charge in [0.25, 0.3) is 0 Å². The van der Waals surface area contributed by atoms with Crippen molar-refractivity contribution in [3.05, 3.63) is 463 Å². The van der Waals surface area contributed by atoms with Gasteiger partial charge in [0.15, 0.2) is 0 Å². The van der Waals surface area contributed by atoms with Crippen LogP contribution in [0.1, 0.15) is 83.2 Å². The lowest BCUT2D eigenvalue weighted by molar-refractivity contribution is 0.00578. The van der Waals surface area contributed by atoms with Crippen molar-refractivity contribution < 1.29 is 9.31 Å². The normalized spacial score (nSPS) is 14.2. The van der Waals surface area contributed by atoms with Crippen LogP contribution in [-0.2, 0) is 20.1 Å². The largest absolute Gasteiger partial charge is 0.494 e. The number of anilines is 6. The van der Waals surface area contributed by atoms with Gasteiger partial charge in [-0.05, 0) is 335 Å². The third-order valence-corrected chi connectivity index (χ3v) is 30.9. The van der Waals surface area contributed by atoms with Gasteiger partial charge < -0.3 is 28.2 Å². The van der Waals surface area contributed by atoms with Crippen LogP contribution < -0.4 is 15.3 Å². The second-order valence-corrected chi connectivity index (χ2v) is 40.5. The number of hydrogen-bond donors (Lipinski definition) is 0. The summed E-state index contributed by atoms with van der Waals surface area (Å²) in [5, 5.41) is 4.89. The topological polar surface area (TPSA) is 34.8 Å². The first-order chi connectivity index (χ1) is 64.0. The highest BCUT2D eigenvalue weighted by atomic mass is 127. The number of aromatic nitrogens is 2. The van der Waals surface area contributed by atoms with Crippen LogP contribution in [0.5, 0.6) is 0 Å². The van der Waals surface area contributed by atoms with Gasteiger partial charge >= 0.3 is 7.12 Å². The first-order valence-electron chi connectivity index (χ1n) is 44.6. The summed E-state index contributed by atoms with van der Waals surface area (Å²) in [6.45, 7) is 22.1. The summed E-state index contributed by atoms with van der Waals surface area (Å²) < 4.78 is 21.9. The number of hydrogen-bond acceptors (Lipinski definition) is 4. The van der Waals surface area contributed by atoms with Crippen LogP contribution in [-0.4, -0.2) is 27.5 Å². The number of nitrogens with zero attached hydrogens (tertiary/aromatic N) is 4. The fraction of sp³-hybridized carbons (Fsp3) is 0.100. The first kappa shape index (κ1) is 87.8. The van der Waals surface area contributed by atoms with Gasteiger partial charge in [0.1, 0.15) is 0 Å². The van der Waals surface area contributed by atoms with E-state index in [1.165, 1.54) is 136 Å². The fourth-order valence-corrected chi connectivity index (χ4v) is 21.4. The van der Waals surface area contributed by atoms with Crippen molar-refractivity contribution in [1.82, 2.24) is 9.13 Å². The van der Waals surface area contributed by atoms with Crippen molar-refractivity contribution >= 4 is 182 Å². The molecule has 2 aromatic heterocycles. The Morgan fingerprint density at radius 1 is 0.341 bits per heavy atom. The van der Waals surface area contributed by atoms with Crippen LogP contribution in [0.2, 0.25) is 0 Å². The molecule has 0 bridgehead atoms. The van der Waals surface area contributed by atoms with Crippen molar-refractivity contribution in [2.75, 3.05) is 9.80 Å². The molecule has 0 atom stereocenters. The van der Waals surface area contributed by atoms with E-state index in [1.807, 2.05) is 29.3 Å². The van der Waals surface area contributed by atoms with Gasteiger partial charge in [0.05, 0.1) is 33.3 Å². The highest BCUT2D eigenvalue weighted by Crippen LogP contribution is 2.54. The van der Waals surface area contributed by atoms with E-state index in [1.54, 1.807) is 0 Å². The number of allylic oxidation sites excluding steroid dienone is 4. The predicted octanol–water partition coefficient (Wildman–Crippen LogP) is 35.1. The smallest absolute Gasteiger partial charge is 0.399 e. The molecule has 0 saturated carbocycles. The van der Waals surface area contributed by atoms with E-state index in [0.717, 1.165) is 75.5 Å². The number of para-hydroxylation sites is 2. The van der Waals surface area contributed by atoms with Crippen LogP contribution in [0.15, 0.2) is 431 Å². The van der Waals surface area contributed by atoms with Gasteiger partial charge in [-0.15, -0.1) is 0 Å². The van der Waals surface area contributed by atoms with Gasteiger partial charge in [-0.1, -0.05) is 331 Å². The van der Waals surface area contributed by atoms with E-state index < -0.39 is 7.12 Å². The van der Waals surface area contributed by atoms with Crippen LogP contribution in [0.4, 0.5) is 34.1 Å². The van der Waals surface area contributed by atoms with E-state index in [0.29, 0.717) is 0 Å². The molecule has 644 valence electrons. The summed E-state index contributed by atoms with van der Waals surface area (Å²) in [6, 6.07) is 143. The zero-order chi connectivity index (χ0) is 90.9. The van der Waals surface area contributed by atoms with Gasteiger partial charge in [-0.2, -0.15) is 0 Å². The second-order valence-electron chi connectivity index (χ2n) is 36.2. The van der Waals surface area contributed by atoms with Gasteiger partial charge in [0.2, 0.25) is 0 Å². The summed E-state index contributed by atoms with van der Waals surface area (Å²) in [5.41, 5.74) is 35.9. The molecule has 132 heavy (non-hydrogen) atoms. The molecular formula is C120H94BBr4IN4O2.